The molecule has 28 heavy (non-hydrogen) atoms. The number of carbonyl (C=O) groups excluding carboxylic acids is 1. The number of imidazole rings is 1. The van der Waals surface area contributed by atoms with Gasteiger partial charge in [-0.3, -0.25) is 4.79 Å². The highest BCUT2D eigenvalue weighted by Gasteiger charge is 2.41. The molecule has 0 bridgehead atoms. The lowest BCUT2D eigenvalue weighted by Gasteiger charge is -2.40. The zero-order valence-electron chi connectivity index (χ0n) is 14.9. The van der Waals surface area contributed by atoms with E-state index in [1.807, 2.05) is 0 Å². The van der Waals surface area contributed by atoms with Crippen LogP contribution in [0.2, 0.25) is 0 Å². The van der Waals surface area contributed by atoms with Gasteiger partial charge in [0.25, 0.3) is 4.96 Å². The van der Waals surface area contributed by atoms with E-state index in [1.165, 1.54) is 15.7 Å². The molecule has 144 valence electrons. The minimum atomic E-state index is -0.516. The zero-order chi connectivity index (χ0) is 19.3. The number of rotatable bonds is 3. The molecule has 2 aliphatic rings. The first-order valence-corrected chi connectivity index (χ1v) is 10.1. The van der Waals surface area contributed by atoms with Crippen LogP contribution in [-0.2, 0) is 0 Å². The van der Waals surface area contributed by atoms with Crippen LogP contribution in [0.3, 0.4) is 0 Å². The standard InChI is InChI=1S/C19H17N3O5S/c23-14-11-19(6-2-1-3-7-19)27-15-10-12(4-5-13(14)15)26-16-17(22(24)25)21-8-9-28-18(21)20-16/h4-5,8-10H,1-3,6-7,11H2. The fraction of sp³-hybridized carbons (Fsp3) is 0.368. The number of hydrogen-bond acceptors (Lipinski definition) is 7. The van der Waals surface area contributed by atoms with Gasteiger partial charge in [0.05, 0.1) is 12.0 Å². The van der Waals surface area contributed by atoms with Crippen molar-refractivity contribution in [1.82, 2.24) is 9.38 Å². The van der Waals surface area contributed by atoms with Gasteiger partial charge in [-0.15, -0.1) is 0 Å². The number of Topliss-reactive ketones (excluding diaryl/α,β-unsaturated/α-hetero) is 1. The van der Waals surface area contributed by atoms with Gasteiger partial charge in [-0.05, 0) is 42.7 Å². The molecule has 1 aliphatic heterocycles. The maximum absolute atomic E-state index is 12.6. The van der Waals surface area contributed by atoms with Crippen molar-refractivity contribution < 1.29 is 19.2 Å². The van der Waals surface area contributed by atoms with Gasteiger partial charge in [-0.1, -0.05) is 17.8 Å². The molecule has 0 N–H and O–H groups in total. The molecule has 0 amide bonds. The maximum atomic E-state index is 12.6. The SMILES string of the molecule is O=C1CC2(CCCCC2)Oc2cc(Oc3nc4sccn4c3[N+](=O)[O-])ccc21. The summed E-state index contributed by atoms with van der Waals surface area (Å²) < 4.78 is 13.4. The summed E-state index contributed by atoms with van der Waals surface area (Å²) in [7, 11) is 0. The third kappa shape index (κ3) is 2.73. The Morgan fingerprint density at radius 3 is 2.89 bits per heavy atom. The van der Waals surface area contributed by atoms with Gasteiger partial charge in [0.15, 0.2) is 5.78 Å². The first kappa shape index (κ1) is 17.2. The Kier molecular flexibility index (Phi) is 3.87. The fourth-order valence-corrected chi connectivity index (χ4v) is 4.81. The van der Waals surface area contributed by atoms with Crippen molar-refractivity contribution in [3.8, 4) is 17.4 Å². The van der Waals surface area contributed by atoms with E-state index in [0.29, 0.717) is 28.4 Å². The monoisotopic (exact) mass is 399 g/mol. The predicted octanol–water partition coefficient (Wildman–Crippen LogP) is 4.76. The number of ether oxygens (including phenoxy) is 2. The molecule has 2 aromatic heterocycles. The van der Waals surface area contributed by atoms with Crippen LogP contribution in [0.15, 0.2) is 29.8 Å². The van der Waals surface area contributed by atoms with Gasteiger partial charge in [0.1, 0.15) is 23.3 Å². The minimum Gasteiger partial charge on any atom is -0.486 e. The number of ketones is 1. The third-order valence-corrected chi connectivity index (χ3v) is 6.18. The van der Waals surface area contributed by atoms with E-state index in [1.54, 1.807) is 29.8 Å². The molecule has 0 radical (unpaired) electrons. The lowest BCUT2D eigenvalue weighted by atomic mass is 9.78. The Morgan fingerprint density at radius 2 is 2.11 bits per heavy atom. The van der Waals surface area contributed by atoms with Crippen molar-refractivity contribution in [2.45, 2.75) is 44.1 Å². The number of carbonyl (C=O) groups is 1. The second-order valence-corrected chi connectivity index (χ2v) is 8.13. The van der Waals surface area contributed by atoms with E-state index in [9.17, 15) is 14.9 Å². The van der Waals surface area contributed by atoms with E-state index in [2.05, 4.69) is 4.98 Å². The zero-order valence-corrected chi connectivity index (χ0v) is 15.7. The van der Waals surface area contributed by atoms with Crippen LogP contribution < -0.4 is 9.47 Å². The van der Waals surface area contributed by atoms with Crippen LogP contribution in [0, 0.1) is 10.1 Å². The summed E-state index contributed by atoms with van der Waals surface area (Å²) >= 11 is 1.29. The summed E-state index contributed by atoms with van der Waals surface area (Å²) in [6.45, 7) is 0. The van der Waals surface area contributed by atoms with Crippen molar-refractivity contribution in [3.63, 3.8) is 0 Å². The molecule has 0 atom stereocenters. The fourth-order valence-electron chi connectivity index (χ4n) is 4.11. The van der Waals surface area contributed by atoms with E-state index >= 15 is 0 Å². The summed E-state index contributed by atoms with van der Waals surface area (Å²) in [4.78, 5) is 28.3. The summed E-state index contributed by atoms with van der Waals surface area (Å²) in [6, 6.07) is 4.92. The summed E-state index contributed by atoms with van der Waals surface area (Å²) in [5.41, 5.74) is 0.105. The number of aromatic nitrogens is 2. The molecule has 5 rings (SSSR count). The Balaban J connectivity index is 1.49. The van der Waals surface area contributed by atoms with Crippen LogP contribution >= 0.6 is 11.3 Å². The Morgan fingerprint density at radius 1 is 1.29 bits per heavy atom. The average molecular weight is 399 g/mol. The minimum absolute atomic E-state index is 0.0724. The number of benzene rings is 1. The number of nitrogens with zero attached hydrogens (tertiary/aromatic N) is 3. The maximum Gasteiger partial charge on any atom is 0.393 e. The molecule has 0 saturated heterocycles. The Labute approximate surface area is 163 Å². The lowest BCUT2D eigenvalue weighted by Crippen LogP contribution is -2.43. The van der Waals surface area contributed by atoms with Gasteiger partial charge >= 0.3 is 11.7 Å². The Hall–Kier alpha value is -2.94. The molecule has 1 aliphatic carbocycles. The highest BCUT2D eigenvalue weighted by molar-refractivity contribution is 7.15. The quantitative estimate of drug-likeness (QED) is 0.465. The summed E-state index contributed by atoms with van der Waals surface area (Å²) in [5, 5.41) is 13.2. The van der Waals surface area contributed by atoms with Crippen LogP contribution in [0.4, 0.5) is 5.82 Å². The van der Waals surface area contributed by atoms with Crippen LogP contribution in [0.1, 0.15) is 48.9 Å². The van der Waals surface area contributed by atoms with Crippen LogP contribution in [0.5, 0.6) is 17.4 Å². The lowest BCUT2D eigenvalue weighted by molar-refractivity contribution is -0.391. The smallest absolute Gasteiger partial charge is 0.393 e. The van der Waals surface area contributed by atoms with E-state index in [-0.39, 0.29) is 17.5 Å². The van der Waals surface area contributed by atoms with Crippen molar-refractivity contribution in [2.75, 3.05) is 0 Å². The number of thiazole rings is 1. The molecule has 3 heterocycles. The number of nitro groups is 1. The van der Waals surface area contributed by atoms with E-state index < -0.39 is 10.5 Å². The van der Waals surface area contributed by atoms with E-state index in [4.69, 9.17) is 9.47 Å². The number of hydrogen-bond donors (Lipinski definition) is 0. The highest BCUT2D eigenvalue weighted by Crippen LogP contribution is 2.43. The van der Waals surface area contributed by atoms with Crippen LogP contribution in [0.25, 0.3) is 4.96 Å². The van der Waals surface area contributed by atoms with Crippen molar-refractivity contribution in [2.24, 2.45) is 0 Å². The molecular formula is C19H17N3O5S. The van der Waals surface area contributed by atoms with Gasteiger partial charge in [-0.25, -0.2) is 0 Å². The van der Waals surface area contributed by atoms with E-state index in [0.717, 1.165) is 32.1 Å². The molecule has 0 unspecified atom stereocenters. The van der Waals surface area contributed by atoms with Crippen LogP contribution in [-0.4, -0.2) is 25.7 Å². The van der Waals surface area contributed by atoms with Gasteiger partial charge in [0, 0.05) is 11.4 Å². The van der Waals surface area contributed by atoms with Gasteiger partial charge in [0.2, 0.25) is 0 Å². The van der Waals surface area contributed by atoms with Gasteiger partial charge in [-0.2, -0.15) is 9.38 Å². The summed E-state index contributed by atoms with van der Waals surface area (Å²) in [5.74, 6) is 0.608. The molecule has 1 fully saturated rings. The molecule has 9 heteroatoms. The number of fused-ring (bicyclic) bond motifs is 2. The first-order valence-electron chi connectivity index (χ1n) is 9.19. The van der Waals surface area contributed by atoms with Gasteiger partial charge < -0.3 is 19.6 Å². The molecule has 8 nitrogen and oxygen atoms in total. The molecular weight excluding hydrogens is 382 g/mol. The predicted molar refractivity (Wildman–Crippen MR) is 102 cm³/mol. The molecule has 3 aromatic rings. The van der Waals surface area contributed by atoms with Crippen molar-refractivity contribution >= 4 is 27.9 Å². The normalized spacial score (nSPS) is 18.1. The second kappa shape index (κ2) is 6.30. The van der Waals surface area contributed by atoms with Crippen molar-refractivity contribution in [1.29, 1.82) is 0 Å². The largest absolute Gasteiger partial charge is 0.486 e. The second-order valence-electron chi connectivity index (χ2n) is 7.26. The topological polar surface area (TPSA) is 96.0 Å². The average Bonchev–Trinajstić information content (AvgIpc) is 3.22. The highest BCUT2D eigenvalue weighted by atomic mass is 32.1. The van der Waals surface area contributed by atoms with Crippen molar-refractivity contribution in [3.05, 3.63) is 45.5 Å². The third-order valence-electron chi connectivity index (χ3n) is 5.42. The molecule has 1 spiro atoms. The molecule has 1 aromatic carbocycles. The Bertz CT molecular complexity index is 1100. The molecule has 1 saturated carbocycles. The first-order chi connectivity index (χ1) is 13.5. The summed E-state index contributed by atoms with van der Waals surface area (Å²) in [6.07, 6.45) is 6.99.